The average molecular weight is 137 g/mol. The van der Waals surface area contributed by atoms with E-state index in [9.17, 15) is 0 Å². The van der Waals surface area contributed by atoms with Crippen molar-refractivity contribution in [2.24, 2.45) is 23.5 Å². The van der Waals surface area contributed by atoms with Crippen LogP contribution in [-0.2, 0) is 0 Å². The molecule has 0 aromatic carbocycles. The van der Waals surface area contributed by atoms with Gasteiger partial charge < -0.3 is 5.73 Å². The highest BCUT2D eigenvalue weighted by molar-refractivity contribution is 5.06. The molecule has 1 heteroatoms. The van der Waals surface area contributed by atoms with E-state index in [4.69, 9.17) is 5.73 Å². The van der Waals surface area contributed by atoms with E-state index in [1.165, 1.54) is 19.3 Å². The molecule has 3 rings (SSSR count). The largest absolute Gasteiger partial charge is 0.330 e. The average Bonchev–Trinajstić information content (AvgIpc) is 2.06. The maximum atomic E-state index is 5.66. The van der Waals surface area contributed by atoms with Gasteiger partial charge in [0.2, 0.25) is 0 Å². The predicted molar refractivity (Wildman–Crippen MR) is 42.5 cm³/mol. The summed E-state index contributed by atoms with van der Waals surface area (Å²) in [5.74, 6) is 2.51. The summed E-state index contributed by atoms with van der Waals surface area (Å²) in [5.41, 5.74) is 5.66. The molecule has 0 amide bonds. The van der Waals surface area contributed by atoms with Gasteiger partial charge in [0.15, 0.2) is 0 Å². The highest BCUT2D eigenvalue weighted by Gasteiger charge is 2.30. The topological polar surface area (TPSA) is 26.0 Å². The smallest absolute Gasteiger partial charge is 0.00430 e. The van der Waals surface area contributed by atoms with Crippen molar-refractivity contribution in [3.05, 3.63) is 12.2 Å². The maximum absolute atomic E-state index is 5.66. The van der Waals surface area contributed by atoms with Crippen molar-refractivity contribution < 1.29 is 0 Å². The predicted octanol–water partition coefficient (Wildman–Crippen LogP) is 1.55. The third kappa shape index (κ3) is 0.891. The molecule has 10 heavy (non-hydrogen) atoms. The number of rotatable bonds is 1. The molecule has 1 saturated carbocycles. The first kappa shape index (κ1) is 6.41. The Bertz CT molecular complexity index is 151. The maximum Gasteiger partial charge on any atom is -0.00430 e. The van der Waals surface area contributed by atoms with Crippen LogP contribution in [0.15, 0.2) is 12.2 Å². The van der Waals surface area contributed by atoms with Crippen molar-refractivity contribution in [1.82, 2.24) is 0 Å². The van der Waals surface area contributed by atoms with Gasteiger partial charge in [0.05, 0.1) is 0 Å². The summed E-state index contributed by atoms with van der Waals surface area (Å²) in [7, 11) is 0. The minimum atomic E-state index is 0.809. The lowest BCUT2D eigenvalue weighted by molar-refractivity contribution is 0.227. The van der Waals surface area contributed by atoms with Crippen molar-refractivity contribution in [3.8, 4) is 0 Å². The number of nitrogens with two attached hydrogens (primary N) is 1. The van der Waals surface area contributed by atoms with Gasteiger partial charge in [-0.25, -0.2) is 0 Å². The molecule has 2 bridgehead atoms. The first-order valence-corrected chi connectivity index (χ1v) is 4.28. The van der Waals surface area contributed by atoms with E-state index in [2.05, 4.69) is 12.2 Å². The number of allylic oxidation sites excluding steroid dienone is 2. The van der Waals surface area contributed by atoms with Crippen LogP contribution in [0, 0.1) is 17.8 Å². The highest BCUT2D eigenvalue weighted by atomic mass is 14.6. The van der Waals surface area contributed by atoms with E-state index in [1.54, 1.807) is 0 Å². The zero-order valence-electron chi connectivity index (χ0n) is 6.29. The third-order valence-electron chi connectivity index (χ3n) is 3.02. The van der Waals surface area contributed by atoms with Gasteiger partial charge in [-0.05, 0) is 43.6 Å². The first-order chi connectivity index (χ1) is 4.90. The number of fused-ring (bicyclic) bond motifs is 2. The van der Waals surface area contributed by atoms with E-state index in [-0.39, 0.29) is 0 Å². The summed E-state index contributed by atoms with van der Waals surface area (Å²) in [5, 5.41) is 0. The molecule has 1 nitrogen and oxygen atoms in total. The van der Waals surface area contributed by atoms with E-state index in [0.29, 0.717) is 0 Å². The Balaban J connectivity index is 2.11. The molecule has 0 spiro atoms. The third-order valence-corrected chi connectivity index (χ3v) is 3.02. The van der Waals surface area contributed by atoms with Crippen LogP contribution >= 0.6 is 0 Å². The molecule has 56 valence electrons. The van der Waals surface area contributed by atoms with Crippen molar-refractivity contribution in [2.75, 3.05) is 6.54 Å². The Hall–Kier alpha value is -0.300. The van der Waals surface area contributed by atoms with Crippen LogP contribution in [0.3, 0.4) is 0 Å². The standard InChI is InChI=1S/C9H15N/c10-6-9-5-7-1-3-8(9)4-2-7/h1,3,7-9H,2,4-6,10H2/t7-,8-,9-/m0/s1. The highest BCUT2D eigenvalue weighted by Crippen LogP contribution is 2.39. The molecule has 1 fully saturated rings. The van der Waals surface area contributed by atoms with Crippen LogP contribution in [0.25, 0.3) is 0 Å². The second-order valence-corrected chi connectivity index (χ2v) is 3.62. The fraction of sp³-hybridized carbons (Fsp3) is 0.778. The summed E-state index contributed by atoms with van der Waals surface area (Å²) in [4.78, 5) is 0. The van der Waals surface area contributed by atoms with Gasteiger partial charge in [0.25, 0.3) is 0 Å². The summed E-state index contributed by atoms with van der Waals surface area (Å²) in [6, 6.07) is 0. The molecule has 3 aliphatic rings. The van der Waals surface area contributed by atoms with Crippen molar-refractivity contribution in [2.45, 2.75) is 19.3 Å². The Labute approximate surface area is 62.3 Å². The second-order valence-electron chi connectivity index (χ2n) is 3.62. The summed E-state index contributed by atoms with van der Waals surface area (Å²) < 4.78 is 0. The zero-order valence-corrected chi connectivity index (χ0v) is 6.29. The summed E-state index contributed by atoms with van der Waals surface area (Å²) in [6.45, 7) is 0.894. The number of hydrogen-bond donors (Lipinski definition) is 1. The van der Waals surface area contributed by atoms with E-state index < -0.39 is 0 Å². The molecule has 3 atom stereocenters. The van der Waals surface area contributed by atoms with E-state index in [0.717, 1.165) is 24.3 Å². The van der Waals surface area contributed by atoms with Gasteiger partial charge in [-0.1, -0.05) is 12.2 Å². The monoisotopic (exact) mass is 137 g/mol. The van der Waals surface area contributed by atoms with Gasteiger partial charge >= 0.3 is 0 Å². The lowest BCUT2D eigenvalue weighted by atomic mass is 9.69. The molecule has 0 unspecified atom stereocenters. The molecule has 3 aliphatic carbocycles. The molecule has 0 aliphatic heterocycles. The quantitative estimate of drug-likeness (QED) is 0.545. The van der Waals surface area contributed by atoms with Crippen LogP contribution in [-0.4, -0.2) is 6.54 Å². The van der Waals surface area contributed by atoms with Gasteiger partial charge in [0, 0.05) is 0 Å². The van der Waals surface area contributed by atoms with Gasteiger partial charge in [-0.3, -0.25) is 0 Å². The van der Waals surface area contributed by atoms with Gasteiger partial charge in [-0.2, -0.15) is 0 Å². The molecule has 0 aromatic rings. The SMILES string of the molecule is NC[C@@H]1C[C@H]2C=C[C@H]1CC2. The van der Waals surface area contributed by atoms with Gasteiger partial charge in [0.1, 0.15) is 0 Å². The van der Waals surface area contributed by atoms with Crippen molar-refractivity contribution in [1.29, 1.82) is 0 Å². The van der Waals surface area contributed by atoms with Crippen LogP contribution in [0.5, 0.6) is 0 Å². The minimum absolute atomic E-state index is 0.809. The van der Waals surface area contributed by atoms with E-state index >= 15 is 0 Å². The molecule has 0 saturated heterocycles. The van der Waals surface area contributed by atoms with Gasteiger partial charge in [-0.15, -0.1) is 0 Å². The Morgan fingerprint density at radius 1 is 1.30 bits per heavy atom. The van der Waals surface area contributed by atoms with Crippen LogP contribution in [0.4, 0.5) is 0 Å². The minimum Gasteiger partial charge on any atom is -0.330 e. The molecule has 0 radical (unpaired) electrons. The second kappa shape index (κ2) is 2.39. The van der Waals surface area contributed by atoms with Crippen molar-refractivity contribution >= 4 is 0 Å². The first-order valence-electron chi connectivity index (χ1n) is 4.28. The lowest BCUT2D eigenvalue weighted by Gasteiger charge is -2.37. The Morgan fingerprint density at radius 2 is 2.20 bits per heavy atom. The van der Waals surface area contributed by atoms with Crippen LogP contribution in [0.1, 0.15) is 19.3 Å². The fourth-order valence-corrected chi connectivity index (χ4v) is 2.32. The summed E-state index contributed by atoms with van der Waals surface area (Å²) >= 11 is 0. The lowest BCUT2D eigenvalue weighted by Crippen LogP contribution is -2.32. The molecule has 0 heterocycles. The molecular weight excluding hydrogens is 122 g/mol. The molecular formula is C9H15N. The Kier molecular flexibility index (Phi) is 1.53. The zero-order chi connectivity index (χ0) is 6.97. The number of hydrogen-bond acceptors (Lipinski definition) is 1. The fourth-order valence-electron chi connectivity index (χ4n) is 2.32. The van der Waals surface area contributed by atoms with Crippen LogP contribution < -0.4 is 5.73 Å². The summed E-state index contributed by atoms with van der Waals surface area (Å²) in [6.07, 6.45) is 8.94. The Morgan fingerprint density at radius 3 is 2.50 bits per heavy atom. The van der Waals surface area contributed by atoms with Crippen molar-refractivity contribution in [3.63, 3.8) is 0 Å². The van der Waals surface area contributed by atoms with Crippen LogP contribution in [0.2, 0.25) is 0 Å². The molecule has 2 N–H and O–H groups in total. The van der Waals surface area contributed by atoms with E-state index in [1.807, 2.05) is 0 Å². The molecule has 0 aromatic heterocycles. The normalized spacial score (nSPS) is 44.3.